The molecule has 1 aliphatic rings. The fourth-order valence-electron chi connectivity index (χ4n) is 2.30. The summed E-state index contributed by atoms with van der Waals surface area (Å²) in [4.78, 5) is 19.1. The van der Waals surface area contributed by atoms with Crippen LogP contribution < -0.4 is 4.74 Å². The molecule has 8 nitrogen and oxygen atoms in total. The molecule has 25 heavy (non-hydrogen) atoms. The van der Waals surface area contributed by atoms with Gasteiger partial charge in [0.1, 0.15) is 17.3 Å². The highest BCUT2D eigenvalue weighted by Crippen LogP contribution is 2.31. The Morgan fingerprint density at radius 3 is 3.12 bits per heavy atom. The number of rotatable bonds is 4. The Hall–Kier alpha value is -2.94. The third kappa shape index (κ3) is 3.18. The zero-order valence-corrected chi connectivity index (χ0v) is 14.2. The molecule has 0 fully saturated rings. The van der Waals surface area contributed by atoms with Crippen molar-refractivity contribution in [1.82, 2.24) is 25.1 Å². The first-order chi connectivity index (χ1) is 12.3. The van der Waals surface area contributed by atoms with Gasteiger partial charge in [0.05, 0.1) is 11.5 Å². The molecule has 3 aromatic rings. The monoisotopic (exact) mass is 354 g/mol. The summed E-state index contributed by atoms with van der Waals surface area (Å²) in [5, 5.41) is 13.3. The third-order valence-corrected chi connectivity index (χ3v) is 4.49. The molecule has 0 aromatic carbocycles. The average Bonchev–Trinajstić information content (AvgIpc) is 3.17. The maximum atomic E-state index is 5.51. The van der Waals surface area contributed by atoms with E-state index in [2.05, 4.69) is 30.3 Å². The number of hydrogen-bond donors (Lipinski definition) is 0. The predicted octanol–water partition coefficient (Wildman–Crippen LogP) is 2.58. The van der Waals surface area contributed by atoms with E-state index in [-0.39, 0.29) is 0 Å². The topological polar surface area (TPSA) is 95.3 Å². The van der Waals surface area contributed by atoms with Gasteiger partial charge in [0.15, 0.2) is 11.5 Å². The van der Waals surface area contributed by atoms with Gasteiger partial charge in [-0.2, -0.15) is 0 Å². The Balaban J connectivity index is 1.69. The molecule has 4 rings (SSSR count). The molecule has 3 aromatic heterocycles. The highest BCUT2D eigenvalue weighted by molar-refractivity contribution is 7.18. The number of pyridine rings is 1. The van der Waals surface area contributed by atoms with Crippen molar-refractivity contribution < 1.29 is 9.57 Å². The van der Waals surface area contributed by atoms with E-state index >= 15 is 0 Å². The van der Waals surface area contributed by atoms with Gasteiger partial charge in [-0.05, 0) is 19.1 Å². The van der Waals surface area contributed by atoms with Gasteiger partial charge in [-0.25, -0.2) is 9.97 Å². The first-order valence-electron chi connectivity index (χ1n) is 7.78. The van der Waals surface area contributed by atoms with Crippen LogP contribution in [0.3, 0.4) is 0 Å². The van der Waals surface area contributed by atoms with E-state index in [0.717, 1.165) is 21.2 Å². The van der Waals surface area contributed by atoms with Gasteiger partial charge in [0.25, 0.3) is 5.88 Å². The summed E-state index contributed by atoms with van der Waals surface area (Å²) < 4.78 is 5.51. The van der Waals surface area contributed by atoms with Gasteiger partial charge >= 0.3 is 0 Å². The van der Waals surface area contributed by atoms with E-state index in [1.807, 2.05) is 19.1 Å². The van der Waals surface area contributed by atoms with Crippen LogP contribution in [0.25, 0.3) is 21.3 Å². The lowest BCUT2D eigenvalue weighted by Gasteiger charge is -2.16. The Bertz CT molecular complexity index is 912. The molecule has 0 bridgehead atoms. The first-order valence-corrected chi connectivity index (χ1v) is 8.60. The number of hydrogen-bond acceptors (Lipinski definition) is 9. The van der Waals surface area contributed by atoms with Crippen LogP contribution in [0.5, 0.6) is 5.88 Å². The van der Waals surface area contributed by atoms with E-state index in [9.17, 15) is 0 Å². The molecular weight excluding hydrogens is 340 g/mol. The van der Waals surface area contributed by atoms with E-state index in [1.165, 1.54) is 11.3 Å². The van der Waals surface area contributed by atoms with Gasteiger partial charge in [-0.1, -0.05) is 5.16 Å². The van der Waals surface area contributed by atoms with Crippen LogP contribution >= 0.6 is 11.3 Å². The second-order valence-electron chi connectivity index (χ2n) is 5.11. The van der Waals surface area contributed by atoms with Crippen molar-refractivity contribution in [3.05, 3.63) is 36.4 Å². The number of thiazole rings is 1. The van der Waals surface area contributed by atoms with Crippen LogP contribution in [-0.2, 0) is 4.84 Å². The van der Waals surface area contributed by atoms with E-state index < -0.39 is 0 Å². The predicted molar refractivity (Wildman–Crippen MR) is 92.4 cm³/mol. The minimum absolute atomic E-state index is 0.380. The van der Waals surface area contributed by atoms with Crippen molar-refractivity contribution in [1.29, 1.82) is 0 Å². The largest absolute Gasteiger partial charge is 0.475 e. The Morgan fingerprint density at radius 1 is 1.32 bits per heavy atom. The van der Waals surface area contributed by atoms with E-state index in [1.54, 1.807) is 18.6 Å². The molecule has 0 N–H and O–H groups in total. The molecule has 0 spiro atoms. The standard InChI is InChI=1S/C16H14N6O2S/c1-2-24-22-11-5-7-23-15-13(11)19-14(20-21-15)12-9-18-16(25-12)10-4-3-6-17-8-10/h3-4,6,8-9H,2,5,7H2,1H3/b22-11+. The van der Waals surface area contributed by atoms with Crippen molar-refractivity contribution in [3.63, 3.8) is 0 Å². The lowest BCUT2D eigenvalue weighted by atomic mass is 10.2. The fourth-order valence-corrected chi connectivity index (χ4v) is 3.14. The molecule has 0 saturated carbocycles. The van der Waals surface area contributed by atoms with Crippen molar-refractivity contribution in [2.75, 3.05) is 13.2 Å². The fraction of sp³-hybridized carbons (Fsp3) is 0.250. The second kappa shape index (κ2) is 6.89. The maximum absolute atomic E-state index is 5.51. The van der Waals surface area contributed by atoms with Crippen LogP contribution in [0.4, 0.5) is 0 Å². The summed E-state index contributed by atoms with van der Waals surface area (Å²) in [6, 6.07) is 3.84. The van der Waals surface area contributed by atoms with Gasteiger partial charge in [-0.3, -0.25) is 4.98 Å². The molecule has 0 saturated heterocycles. The zero-order valence-electron chi connectivity index (χ0n) is 13.4. The minimum atomic E-state index is 0.380. The van der Waals surface area contributed by atoms with Crippen LogP contribution in [0.15, 0.2) is 35.9 Å². The minimum Gasteiger partial charge on any atom is -0.475 e. The summed E-state index contributed by atoms with van der Waals surface area (Å²) in [5.74, 6) is 0.867. The summed E-state index contributed by atoms with van der Waals surface area (Å²) in [6.45, 7) is 2.86. The smallest absolute Gasteiger partial charge is 0.261 e. The van der Waals surface area contributed by atoms with Crippen LogP contribution in [0, 0.1) is 0 Å². The Kier molecular flexibility index (Phi) is 4.30. The first kappa shape index (κ1) is 15.6. The number of nitrogens with zero attached hydrogens (tertiary/aromatic N) is 6. The lowest BCUT2D eigenvalue weighted by molar-refractivity contribution is 0.156. The summed E-state index contributed by atoms with van der Waals surface area (Å²) in [6.07, 6.45) is 5.86. The molecule has 0 atom stereocenters. The molecule has 0 radical (unpaired) electrons. The number of fused-ring (bicyclic) bond motifs is 1. The second-order valence-corrected chi connectivity index (χ2v) is 6.15. The van der Waals surface area contributed by atoms with Crippen molar-refractivity contribution >= 4 is 17.0 Å². The average molecular weight is 354 g/mol. The van der Waals surface area contributed by atoms with Gasteiger partial charge < -0.3 is 9.57 Å². The quantitative estimate of drug-likeness (QED) is 0.664. The zero-order chi connectivity index (χ0) is 17.1. The SMILES string of the molecule is CCO/N=C1\CCOc2nnc(-c3cnc(-c4cccnc4)s3)nc21. The summed E-state index contributed by atoms with van der Waals surface area (Å²) in [7, 11) is 0. The molecule has 126 valence electrons. The normalized spacial score (nSPS) is 14.8. The number of oxime groups is 1. The van der Waals surface area contributed by atoms with Crippen LogP contribution in [0.1, 0.15) is 19.0 Å². The lowest BCUT2D eigenvalue weighted by Crippen LogP contribution is -2.20. The van der Waals surface area contributed by atoms with Crippen LogP contribution in [0.2, 0.25) is 0 Å². The van der Waals surface area contributed by atoms with Crippen molar-refractivity contribution in [2.24, 2.45) is 5.16 Å². The Morgan fingerprint density at radius 2 is 2.28 bits per heavy atom. The number of aromatic nitrogens is 5. The molecular formula is C16H14N6O2S. The Labute approximate surface area is 147 Å². The van der Waals surface area contributed by atoms with Gasteiger partial charge in [0.2, 0.25) is 0 Å². The molecule has 0 aliphatic carbocycles. The third-order valence-electron chi connectivity index (χ3n) is 3.45. The van der Waals surface area contributed by atoms with Crippen LogP contribution in [-0.4, -0.2) is 44.1 Å². The molecule has 1 aliphatic heterocycles. The van der Waals surface area contributed by atoms with Crippen molar-refractivity contribution in [2.45, 2.75) is 13.3 Å². The van der Waals surface area contributed by atoms with Gasteiger partial charge in [0, 0.05) is 30.6 Å². The van der Waals surface area contributed by atoms with Crippen molar-refractivity contribution in [3.8, 4) is 27.2 Å². The number of ether oxygens (including phenoxy) is 1. The highest BCUT2D eigenvalue weighted by atomic mass is 32.1. The summed E-state index contributed by atoms with van der Waals surface area (Å²) >= 11 is 1.48. The van der Waals surface area contributed by atoms with Gasteiger partial charge in [-0.15, -0.1) is 21.5 Å². The molecule has 4 heterocycles. The summed E-state index contributed by atoms with van der Waals surface area (Å²) in [5.41, 5.74) is 2.24. The molecule has 0 unspecified atom stereocenters. The van der Waals surface area contributed by atoms with E-state index in [0.29, 0.717) is 37.0 Å². The maximum Gasteiger partial charge on any atom is 0.261 e. The molecule has 0 amide bonds. The molecule has 9 heteroatoms. The highest BCUT2D eigenvalue weighted by Gasteiger charge is 2.23. The van der Waals surface area contributed by atoms with E-state index in [4.69, 9.17) is 9.57 Å².